The van der Waals surface area contributed by atoms with Crippen LogP contribution in [0, 0.1) is 0 Å². The molecule has 6 nitrogen and oxygen atoms in total. The molecule has 3 heterocycles. The van der Waals surface area contributed by atoms with Crippen LogP contribution in [0.1, 0.15) is 13.7 Å². The highest BCUT2D eigenvalue weighted by atomic mass is 15.1. The molecule has 0 bridgehead atoms. The van der Waals surface area contributed by atoms with Crippen LogP contribution < -0.4 is 0 Å². The molecule has 0 saturated carbocycles. The average Bonchev–Trinajstić information content (AvgIpc) is 3.75. The molecule has 0 aliphatic heterocycles. The van der Waals surface area contributed by atoms with Crippen molar-refractivity contribution < 1.29 is 13.7 Å². The van der Waals surface area contributed by atoms with Gasteiger partial charge < -0.3 is 4.57 Å². The van der Waals surface area contributed by atoms with Gasteiger partial charge in [-0.25, -0.2) is 24.9 Å². The van der Waals surface area contributed by atoms with Crippen molar-refractivity contribution in [3.63, 3.8) is 0 Å². The molecule has 0 saturated heterocycles. The third-order valence-corrected chi connectivity index (χ3v) is 10.5. The minimum absolute atomic E-state index is 0.104. The first kappa shape index (κ1) is 26.6. The van der Waals surface area contributed by atoms with Crippen LogP contribution >= 0.6 is 0 Å². The second kappa shape index (κ2) is 15.4. The van der Waals surface area contributed by atoms with E-state index in [1.54, 1.807) is 0 Å². The first-order valence-electron chi connectivity index (χ1n) is 24.5. The van der Waals surface area contributed by atoms with E-state index in [2.05, 4.69) is 33.8 Å². The summed E-state index contributed by atoms with van der Waals surface area (Å²) in [4.78, 5) is 24.7. The van der Waals surface area contributed by atoms with Gasteiger partial charge in [0.2, 0.25) is 0 Å². The molecule has 286 valence electrons. The maximum absolute atomic E-state index is 9.01. The van der Waals surface area contributed by atoms with Crippen molar-refractivity contribution in [1.29, 1.82) is 0 Å². The summed E-state index contributed by atoms with van der Waals surface area (Å²) < 4.78 is 89.2. The lowest BCUT2D eigenvalue weighted by molar-refractivity contribution is 1.06. The van der Waals surface area contributed by atoms with Gasteiger partial charge in [0, 0.05) is 44.2 Å². The normalized spacial score (nSPS) is 13.6. The van der Waals surface area contributed by atoms with Gasteiger partial charge in [0.15, 0.2) is 23.3 Å². The molecule has 0 radical (unpaired) electrons. The Morgan fingerprint density at radius 3 is 1.46 bits per heavy atom. The van der Waals surface area contributed by atoms with Crippen molar-refractivity contribution in [3.05, 3.63) is 218 Å². The van der Waals surface area contributed by atoms with Gasteiger partial charge in [-0.05, 0) is 47.5 Å². The molecule has 0 spiro atoms. The summed E-state index contributed by atoms with van der Waals surface area (Å²) in [6, 6.07) is 44.8. The largest absolute Gasteiger partial charge is 0.308 e. The van der Waals surface area contributed by atoms with Crippen LogP contribution in [0.25, 0.3) is 107 Å². The summed E-state index contributed by atoms with van der Waals surface area (Å²) in [5, 5.41) is 1.91. The number of nitrogens with zero attached hydrogens (tertiary/aromatic N) is 6. The lowest BCUT2D eigenvalue weighted by Crippen LogP contribution is -2.04. The van der Waals surface area contributed by atoms with E-state index in [4.69, 9.17) is 33.6 Å². The minimum Gasteiger partial charge on any atom is -0.308 e. The van der Waals surface area contributed by atoms with E-state index >= 15 is 0 Å². The van der Waals surface area contributed by atoms with Crippen LogP contribution in [-0.4, -0.2) is 29.5 Å². The average molecular weight is 791 g/mol. The number of hydrogen-bond donors (Lipinski definition) is 0. The molecule has 8 aromatic carbocycles. The van der Waals surface area contributed by atoms with Crippen molar-refractivity contribution in [2.45, 2.75) is 0 Å². The summed E-state index contributed by atoms with van der Waals surface area (Å²) in [6.07, 6.45) is 0. The second-order valence-electron chi connectivity index (χ2n) is 14.2. The van der Waals surface area contributed by atoms with Gasteiger partial charge in [-0.3, -0.25) is 0 Å². The smallest absolute Gasteiger partial charge is 0.166 e. The lowest BCUT2D eigenvalue weighted by Gasteiger charge is -2.16. The number of fused-ring (bicyclic) bond motifs is 3. The molecule has 11 aromatic rings. The van der Waals surface area contributed by atoms with Crippen LogP contribution in [0.2, 0.25) is 0 Å². The van der Waals surface area contributed by atoms with E-state index in [0.29, 0.717) is 34.0 Å². The Hall–Kier alpha value is -8.35. The highest BCUT2D eigenvalue weighted by Crippen LogP contribution is 2.41. The number of aromatic nitrogens is 6. The number of hydrogen-bond acceptors (Lipinski definition) is 5. The van der Waals surface area contributed by atoms with E-state index in [9.17, 15) is 0 Å². The first-order chi connectivity index (χ1) is 34.4. The van der Waals surface area contributed by atoms with E-state index < -0.39 is 60.4 Å². The minimum atomic E-state index is -0.640. The SMILES string of the molecule is [2H]c1c([2H])c([2H])c(-c2nc(-c3cc(-c4nc(-c5ccccc5)cc(-c5ccccc5)n4)ccc3-n3c4ccccc4c4c(-c5ccccc5)cccc43)nc(-c3c([2H])c([2H])c([2H])c([2H])c3[2H])n2)c([2H])c1[2H]. The predicted molar refractivity (Wildman–Crippen MR) is 248 cm³/mol. The van der Waals surface area contributed by atoms with Gasteiger partial charge in [0.05, 0.1) is 41.8 Å². The molecule has 6 heteroatoms. The van der Waals surface area contributed by atoms with Gasteiger partial charge >= 0.3 is 0 Å². The number of para-hydroxylation sites is 1. The molecule has 0 unspecified atom stereocenters. The molecule has 61 heavy (non-hydrogen) atoms. The third kappa shape index (κ3) is 6.72. The van der Waals surface area contributed by atoms with E-state index in [-0.39, 0.29) is 28.6 Å². The number of rotatable bonds is 8. The van der Waals surface area contributed by atoms with Gasteiger partial charge in [-0.1, -0.05) is 182 Å². The van der Waals surface area contributed by atoms with Gasteiger partial charge in [0.25, 0.3) is 0 Å². The number of benzene rings is 8. The third-order valence-electron chi connectivity index (χ3n) is 10.5. The zero-order chi connectivity index (χ0) is 49.2. The molecule has 0 aliphatic rings. The van der Waals surface area contributed by atoms with Crippen molar-refractivity contribution >= 4 is 21.8 Å². The van der Waals surface area contributed by atoms with Crippen LogP contribution in [0.4, 0.5) is 0 Å². The quantitative estimate of drug-likeness (QED) is 0.153. The molecule has 0 atom stereocenters. The van der Waals surface area contributed by atoms with Gasteiger partial charge in [-0.15, -0.1) is 0 Å². The highest BCUT2D eigenvalue weighted by Gasteiger charge is 2.22. The standard InChI is InChI=1S/C55H36N6/c1-6-19-37(20-7-1)43-30-18-32-50-51(43)44-29-16-17-31-48(44)61(50)49-34-33-42(54-56-46(38-21-8-2-9-22-38)36-47(57-54)39-23-10-3-11-24-39)35-45(49)55-59-52(40-25-12-4-13-26-40)58-53(60-55)41-27-14-5-15-28-41/h1-36H/i4D,5D,12D,13D,14D,15D,25D,26D,27D,28D. The Morgan fingerprint density at radius 2 is 0.852 bits per heavy atom. The second-order valence-corrected chi connectivity index (χ2v) is 14.2. The highest BCUT2D eigenvalue weighted by molar-refractivity contribution is 6.16. The van der Waals surface area contributed by atoms with E-state index in [0.717, 1.165) is 44.1 Å². The maximum atomic E-state index is 9.01. The van der Waals surface area contributed by atoms with Crippen molar-refractivity contribution in [2.75, 3.05) is 0 Å². The maximum Gasteiger partial charge on any atom is 0.166 e. The van der Waals surface area contributed by atoms with Crippen LogP contribution in [0.5, 0.6) is 0 Å². The van der Waals surface area contributed by atoms with Gasteiger partial charge in [0.1, 0.15) is 0 Å². The summed E-state index contributed by atoms with van der Waals surface area (Å²) in [6.45, 7) is 0. The molecule has 3 aromatic heterocycles. The molecule has 11 rings (SSSR count). The van der Waals surface area contributed by atoms with Crippen molar-refractivity contribution in [1.82, 2.24) is 29.5 Å². The van der Waals surface area contributed by atoms with E-state index in [1.165, 1.54) is 0 Å². The Balaban J connectivity index is 1.27. The first-order valence-corrected chi connectivity index (χ1v) is 19.5. The molecule has 0 N–H and O–H groups in total. The fourth-order valence-corrected chi connectivity index (χ4v) is 7.72. The van der Waals surface area contributed by atoms with Crippen LogP contribution in [0.3, 0.4) is 0 Å². The van der Waals surface area contributed by atoms with E-state index in [1.807, 2.05) is 133 Å². The van der Waals surface area contributed by atoms with Crippen LogP contribution in [0.15, 0.2) is 218 Å². The lowest BCUT2D eigenvalue weighted by atomic mass is 9.99. The zero-order valence-electron chi connectivity index (χ0n) is 42.2. The van der Waals surface area contributed by atoms with Gasteiger partial charge in [-0.2, -0.15) is 0 Å². The topological polar surface area (TPSA) is 69.4 Å². The summed E-state index contributed by atoms with van der Waals surface area (Å²) in [7, 11) is 0. The summed E-state index contributed by atoms with van der Waals surface area (Å²) in [5.74, 6) is -0.523. The summed E-state index contributed by atoms with van der Waals surface area (Å²) in [5.41, 5.74) is 7.30. The fraction of sp³-hybridized carbons (Fsp3) is 0. The van der Waals surface area contributed by atoms with Crippen LogP contribution in [-0.2, 0) is 0 Å². The Labute approximate surface area is 367 Å². The summed E-state index contributed by atoms with van der Waals surface area (Å²) >= 11 is 0. The monoisotopic (exact) mass is 790 g/mol. The zero-order valence-corrected chi connectivity index (χ0v) is 32.2. The Kier molecular flexibility index (Phi) is 6.73. The predicted octanol–water partition coefficient (Wildman–Crippen LogP) is 13.4. The molecule has 0 fully saturated rings. The molecule has 0 aliphatic carbocycles. The fourth-order valence-electron chi connectivity index (χ4n) is 7.72. The molecule has 0 amide bonds. The Bertz CT molecular complexity index is 3740. The van der Waals surface area contributed by atoms with Crippen molar-refractivity contribution in [2.24, 2.45) is 0 Å². The Morgan fingerprint density at radius 1 is 0.344 bits per heavy atom. The molecular formula is C55H36N6. The van der Waals surface area contributed by atoms with Crippen molar-refractivity contribution in [3.8, 4) is 84.9 Å². The molecular weight excluding hydrogens is 745 g/mol.